The molecular formula is C19H18FN3. The first-order valence-electron chi connectivity index (χ1n) is 7.55. The molecule has 0 aliphatic rings. The van der Waals surface area contributed by atoms with Crippen molar-refractivity contribution >= 4 is 5.82 Å². The van der Waals surface area contributed by atoms with Crippen LogP contribution in [0.5, 0.6) is 0 Å². The zero-order chi connectivity index (χ0) is 16.2. The molecule has 0 radical (unpaired) electrons. The molecule has 1 atom stereocenters. The van der Waals surface area contributed by atoms with Gasteiger partial charge < -0.3 is 5.32 Å². The van der Waals surface area contributed by atoms with Gasteiger partial charge in [0.1, 0.15) is 17.5 Å². The maximum absolute atomic E-state index is 14.0. The molecule has 2 aromatic carbocycles. The van der Waals surface area contributed by atoms with E-state index in [0.29, 0.717) is 22.9 Å². The van der Waals surface area contributed by atoms with Crippen molar-refractivity contribution in [2.24, 2.45) is 0 Å². The Kier molecular flexibility index (Phi) is 4.33. The van der Waals surface area contributed by atoms with Crippen LogP contribution in [0, 0.1) is 12.7 Å². The summed E-state index contributed by atoms with van der Waals surface area (Å²) in [7, 11) is 0. The number of anilines is 1. The van der Waals surface area contributed by atoms with Gasteiger partial charge in [-0.25, -0.2) is 14.4 Å². The van der Waals surface area contributed by atoms with Gasteiger partial charge in [0.2, 0.25) is 0 Å². The van der Waals surface area contributed by atoms with Crippen LogP contribution in [-0.4, -0.2) is 9.97 Å². The fourth-order valence-corrected chi connectivity index (χ4v) is 2.50. The molecular weight excluding hydrogens is 289 g/mol. The van der Waals surface area contributed by atoms with Crippen molar-refractivity contribution in [1.82, 2.24) is 9.97 Å². The highest BCUT2D eigenvalue weighted by molar-refractivity contribution is 5.63. The van der Waals surface area contributed by atoms with E-state index in [1.165, 1.54) is 6.07 Å². The monoisotopic (exact) mass is 307 g/mol. The van der Waals surface area contributed by atoms with Gasteiger partial charge in [-0.2, -0.15) is 0 Å². The highest BCUT2D eigenvalue weighted by Gasteiger charge is 2.11. The molecule has 1 N–H and O–H groups in total. The highest BCUT2D eigenvalue weighted by atomic mass is 19.1. The van der Waals surface area contributed by atoms with Crippen molar-refractivity contribution in [3.8, 4) is 11.3 Å². The first kappa shape index (κ1) is 15.2. The second-order valence-corrected chi connectivity index (χ2v) is 5.44. The number of hydrogen-bond donors (Lipinski definition) is 1. The lowest BCUT2D eigenvalue weighted by Gasteiger charge is -2.16. The molecule has 1 aromatic heterocycles. The fourth-order valence-electron chi connectivity index (χ4n) is 2.50. The molecule has 3 aromatic rings. The van der Waals surface area contributed by atoms with Crippen molar-refractivity contribution in [2.45, 2.75) is 19.9 Å². The lowest BCUT2D eigenvalue weighted by Crippen LogP contribution is -2.09. The number of nitrogens with zero attached hydrogens (tertiary/aromatic N) is 2. The molecule has 0 aliphatic heterocycles. The van der Waals surface area contributed by atoms with E-state index >= 15 is 0 Å². The van der Waals surface area contributed by atoms with Crippen LogP contribution in [0.4, 0.5) is 10.2 Å². The topological polar surface area (TPSA) is 37.8 Å². The summed E-state index contributed by atoms with van der Waals surface area (Å²) in [6.45, 7) is 3.87. The molecule has 4 heteroatoms. The van der Waals surface area contributed by atoms with Crippen LogP contribution in [-0.2, 0) is 0 Å². The van der Waals surface area contributed by atoms with Gasteiger partial charge in [0, 0.05) is 17.7 Å². The van der Waals surface area contributed by atoms with Crippen molar-refractivity contribution in [3.63, 3.8) is 0 Å². The Bertz CT molecular complexity index is 803. The lowest BCUT2D eigenvalue weighted by molar-refractivity contribution is 0.630. The summed E-state index contributed by atoms with van der Waals surface area (Å²) in [5.41, 5.74) is 2.22. The molecule has 3 rings (SSSR count). The Morgan fingerprint density at radius 3 is 2.39 bits per heavy atom. The molecule has 3 nitrogen and oxygen atoms in total. The number of aryl methyl sites for hydroxylation is 1. The summed E-state index contributed by atoms with van der Waals surface area (Å²) < 4.78 is 14.0. The van der Waals surface area contributed by atoms with E-state index < -0.39 is 0 Å². The standard InChI is InChI=1S/C19H18FN3/c1-13(15-8-4-3-5-9-15)21-19-12-18(22-14(2)23-19)16-10-6-7-11-17(16)20/h3-13H,1-2H3,(H,21,22,23). The molecule has 0 saturated heterocycles. The first-order chi connectivity index (χ1) is 11.1. The van der Waals surface area contributed by atoms with Gasteiger partial charge in [-0.3, -0.25) is 0 Å². The molecule has 0 aliphatic carbocycles. The third-order valence-electron chi connectivity index (χ3n) is 3.65. The zero-order valence-electron chi connectivity index (χ0n) is 13.1. The van der Waals surface area contributed by atoms with Crippen molar-refractivity contribution < 1.29 is 4.39 Å². The van der Waals surface area contributed by atoms with E-state index in [9.17, 15) is 4.39 Å². The second-order valence-electron chi connectivity index (χ2n) is 5.44. The largest absolute Gasteiger partial charge is 0.363 e. The number of halogens is 1. The fraction of sp³-hybridized carbons (Fsp3) is 0.158. The molecule has 0 amide bonds. The number of rotatable bonds is 4. The van der Waals surface area contributed by atoms with Crippen LogP contribution in [0.1, 0.15) is 24.4 Å². The Hall–Kier alpha value is -2.75. The van der Waals surface area contributed by atoms with Gasteiger partial charge in [-0.05, 0) is 31.5 Å². The van der Waals surface area contributed by atoms with Gasteiger partial charge in [0.15, 0.2) is 0 Å². The predicted molar refractivity (Wildman–Crippen MR) is 90.6 cm³/mol. The van der Waals surface area contributed by atoms with Crippen molar-refractivity contribution in [3.05, 3.63) is 77.9 Å². The molecule has 0 bridgehead atoms. The van der Waals surface area contributed by atoms with Gasteiger partial charge >= 0.3 is 0 Å². The number of nitrogens with one attached hydrogen (secondary N) is 1. The van der Waals surface area contributed by atoms with Gasteiger partial charge in [-0.1, -0.05) is 42.5 Å². The molecule has 1 unspecified atom stereocenters. The van der Waals surface area contributed by atoms with E-state index in [2.05, 4.69) is 34.3 Å². The molecule has 116 valence electrons. The summed E-state index contributed by atoms with van der Waals surface area (Å²) in [4.78, 5) is 8.76. The summed E-state index contributed by atoms with van der Waals surface area (Å²) in [6.07, 6.45) is 0. The summed E-state index contributed by atoms with van der Waals surface area (Å²) in [5.74, 6) is 1.01. The van der Waals surface area contributed by atoms with Crippen molar-refractivity contribution in [2.75, 3.05) is 5.32 Å². The third-order valence-corrected chi connectivity index (χ3v) is 3.65. The van der Waals surface area contributed by atoms with Crippen molar-refractivity contribution in [1.29, 1.82) is 0 Å². The minimum atomic E-state index is -0.285. The number of hydrogen-bond acceptors (Lipinski definition) is 3. The van der Waals surface area contributed by atoms with Crippen LogP contribution >= 0.6 is 0 Å². The first-order valence-corrected chi connectivity index (χ1v) is 7.55. The SMILES string of the molecule is Cc1nc(NC(C)c2ccccc2)cc(-c2ccccc2F)n1. The second kappa shape index (κ2) is 6.57. The molecule has 0 spiro atoms. The van der Waals surface area contributed by atoms with E-state index in [0.717, 1.165) is 5.56 Å². The van der Waals surface area contributed by atoms with E-state index in [-0.39, 0.29) is 11.9 Å². The minimum Gasteiger partial charge on any atom is -0.363 e. The van der Waals surface area contributed by atoms with E-state index in [4.69, 9.17) is 0 Å². The van der Waals surface area contributed by atoms with Crippen LogP contribution in [0.25, 0.3) is 11.3 Å². The average molecular weight is 307 g/mol. The zero-order valence-corrected chi connectivity index (χ0v) is 13.1. The molecule has 23 heavy (non-hydrogen) atoms. The molecule has 0 fully saturated rings. The van der Waals surface area contributed by atoms with E-state index in [1.807, 2.05) is 25.1 Å². The predicted octanol–water partition coefficient (Wildman–Crippen LogP) is 4.76. The normalized spacial score (nSPS) is 12.0. The Labute approximate surface area is 135 Å². The van der Waals surface area contributed by atoms with Crippen LogP contribution < -0.4 is 5.32 Å². The van der Waals surface area contributed by atoms with Crippen LogP contribution in [0.15, 0.2) is 60.7 Å². The lowest BCUT2D eigenvalue weighted by atomic mass is 10.1. The summed E-state index contributed by atoms with van der Waals surface area (Å²) in [5, 5.41) is 3.36. The maximum atomic E-state index is 14.0. The van der Waals surface area contributed by atoms with Gasteiger partial charge in [0.25, 0.3) is 0 Å². The molecule has 0 saturated carbocycles. The number of benzene rings is 2. The van der Waals surface area contributed by atoms with Crippen LogP contribution in [0.2, 0.25) is 0 Å². The van der Waals surface area contributed by atoms with E-state index in [1.54, 1.807) is 24.3 Å². The number of aromatic nitrogens is 2. The summed E-state index contributed by atoms with van der Waals surface area (Å²) in [6, 6.07) is 18.6. The Morgan fingerprint density at radius 2 is 1.65 bits per heavy atom. The summed E-state index contributed by atoms with van der Waals surface area (Å²) >= 11 is 0. The highest BCUT2D eigenvalue weighted by Crippen LogP contribution is 2.24. The minimum absolute atomic E-state index is 0.0963. The quantitative estimate of drug-likeness (QED) is 0.755. The third kappa shape index (κ3) is 3.54. The van der Waals surface area contributed by atoms with Gasteiger partial charge in [-0.15, -0.1) is 0 Å². The molecule has 1 heterocycles. The van der Waals surface area contributed by atoms with Crippen LogP contribution in [0.3, 0.4) is 0 Å². The maximum Gasteiger partial charge on any atom is 0.132 e. The van der Waals surface area contributed by atoms with Gasteiger partial charge in [0.05, 0.1) is 5.69 Å². The average Bonchev–Trinajstić information content (AvgIpc) is 2.55. The Balaban J connectivity index is 1.91. The smallest absolute Gasteiger partial charge is 0.132 e. The Morgan fingerprint density at radius 1 is 0.957 bits per heavy atom.